The standard InChI is InChI=1S/C13H20N2O2/c1-9(2)11-5-3-10(4-6-11)7-12(13(16)17)15-8-14/h3-6,9,12,15H,7-8,14H2,1-2H3,(H,16,17). The molecule has 0 aliphatic heterocycles. The monoisotopic (exact) mass is 236 g/mol. The van der Waals surface area contributed by atoms with Crippen molar-refractivity contribution >= 4 is 5.97 Å². The Hall–Kier alpha value is -1.39. The zero-order valence-corrected chi connectivity index (χ0v) is 10.3. The van der Waals surface area contributed by atoms with E-state index in [1.807, 2.05) is 24.3 Å². The molecule has 1 aromatic carbocycles. The van der Waals surface area contributed by atoms with Crippen molar-refractivity contribution in [1.82, 2.24) is 5.32 Å². The Morgan fingerprint density at radius 3 is 2.35 bits per heavy atom. The fourth-order valence-corrected chi connectivity index (χ4v) is 1.66. The number of nitrogens with two attached hydrogens (primary N) is 1. The van der Waals surface area contributed by atoms with Gasteiger partial charge in [0.2, 0.25) is 0 Å². The van der Waals surface area contributed by atoms with E-state index in [2.05, 4.69) is 19.2 Å². The summed E-state index contributed by atoms with van der Waals surface area (Å²) in [6.07, 6.45) is 0.449. The minimum atomic E-state index is -0.872. The van der Waals surface area contributed by atoms with E-state index in [0.29, 0.717) is 12.3 Å². The second-order valence-electron chi connectivity index (χ2n) is 4.40. The van der Waals surface area contributed by atoms with E-state index in [1.54, 1.807) is 0 Å². The molecule has 0 saturated heterocycles. The summed E-state index contributed by atoms with van der Waals surface area (Å²) in [5, 5.41) is 11.7. The molecular formula is C13H20N2O2. The maximum Gasteiger partial charge on any atom is 0.321 e. The van der Waals surface area contributed by atoms with Gasteiger partial charge >= 0.3 is 5.97 Å². The van der Waals surface area contributed by atoms with Crippen molar-refractivity contribution in [2.75, 3.05) is 6.67 Å². The Kier molecular flexibility index (Phi) is 5.12. The molecule has 94 valence electrons. The number of carboxylic acids is 1. The number of hydrogen-bond acceptors (Lipinski definition) is 3. The van der Waals surface area contributed by atoms with Crippen LogP contribution in [0.1, 0.15) is 30.9 Å². The van der Waals surface area contributed by atoms with Crippen molar-refractivity contribution in [2.24, 2.45) is 5.73 Å². The van der Waals surface area contributed by atoms with Gasteiger partial charge in [-0.15, -0.1) is 0 Å². The molecule has 4 N–H and O–H groups in total. The zero-order valence-electron chi connectivity index (χ0n) is 10.3. The Bertz CT molecular complexity index is 360. The Morgan fingerprint density at radius 1 is 1.35 bits per heavy atom. The zero-order chi connectivity index (χ0) is 12.8. The van der Waals surface area contributed by atoms with Crippen molar-refractivity contribution in [2.45, 2.75) is 32.2 Å². The van der Waals surface area contributed by atoms with Crippen LogP contribution in [0.2, 0.25) is 0 Å². The van der Waals surface area contributed by atoms with Crippen molar-refractivity contribution in [1.29, 1.82) is 0 Å². The van der Waals surface area contributed by atoms with Gasteiger partial charge in [-0.05, 0) is 23.5 Å². The minimum Gasteiger partial charge on any atom is -0.480 e. The number of nitrogens with one attached hydrogen (secondary N) is 1. The van der Waals surface area contributed by atoms with Crippen LogP contribution >= 0.6 is 0 Å². The first-order chi connectivity index (χ1) is 8.04. The summed E-state index contributed by atoms with van der Waals surface area (Å²) in [5.41, 5.74) is 7.57. The quantitative estimate of drug-likeness (QED) is 0.651. The third-order valence-corrected chi connectivity index (χ3v) is 2.75. The SMILES string of the molecule is CC(C)c1ccc(CC(NCN)C(=O)O)cc1. The van der Waals surface area contributed by atoms with E-state index in [9.17, 15) is 4.79 Å². The van der Waals surface area contributed by atoms with E-state index in [1.165, 1.54) is 5.56 Å². The highest BCUT2D eigenvalue weighted by Crippen LogP contribution is 2.15. The Labute approximate surface area is 102 Å². The normalized spacial score (nSPS) is 12.7. The molecule has 0 amide bonds. The fourth-order valence-electron chi connectivity index (χ4n) is 1.66. The number of hydrogen-bond donors (Lipinski definition) is 3. The number of carbonyl (C=O) groups is 1. The molecule has 0 spiro atoms. The molecule has 4 heteroatoms. The lowest BCUT2D eigenvalue weighted by molar-refractivity contribution is -0.139. The average Bonchev–Trinajstić information content (AvgIpc) is 2.29. The van der Waals surface area contributed by atoms with Gasteiger partial charge in [0.15, 0.2) is 0 Å². The van der Waals surface area contributed by atoms with Crippen molar-refractivity contribution in [3.8, 4) is 0 Å². The topological polar surface area (TPSA) is 75.3 Å². The number of aliphatic carboxylic acids is 1. The van der Waals surface area contributed by atoms with E-state index < -0.39 is 12.0 Å². The molecule has 1 rings (SSSR count). The lowest BCUT2D eigenvalue weighted by Crippen LogP contribution is -2.41. The molecule has 1 atom stereocenters. The molecule has 0 saturated carbocycles. The first-order valence-electron chi connectivity index (χ1n) is 5.79. The molecular weight excluding hydrogens is 216 g/mol. The molecule has 0 aliphatic rings. The Morgan fingerprint density at radius 2 is 1.94 bits per heavy atom. The largest absolute Gasteiger partial charge is 0.480 e. The molecule has 0 bridgehead atoms. The van der Waals surface area contributed by atoms with Gasteiger partial charge in [0.1, 0.15) is 6.04 Å². The lowest BCUT2D eigenvalue weighted by Gasteiger charge is -2.13. The summed E-state index contributed by atoms with van der Waals surface area (Å²) in [4.78, 5) is 11.0. The van der Waals surface area contributed by atoms with Crippen molar-refractivity contribution in [3.63, 3.8) is 0 Å². The molecule has 0 heterocycles. The van der Waals surface area contributed by atoms with Gasteiger partial charge in [-0.2, -0.15) is 0 Å². The molecule has 0 aliphatic carbocycles. The maximum atomic E-state index is 11.0. The van der Waals surface area contributed by atoms with Crippen molar-refractivity contribution in [3.05, 3.63) is 35.4 Å². The molecule has 0 radical (unpaired) electrons. The second-order valence-corrected chi connectivity index (χ2v) is 4.40. The summed E-state index contributed by atoms with van der Waals surface area (Å²) in [6.45, 7) is 4.43. The maximum absolute atomic E-state index is 11.0. The van der Waals surface area contributed by atoms with E-state index in [4.69, 9.17) is 10.8 Å². The second kappa shape index (κ2) is 6.37. The van der Waals surface area contributed by atoms with Gasteiger partial charge in [-0.3, -0.25) is 10.1 Å². The number of benzene rings is 1. The first kappa shape index (κ1) is 13.7. The van der Waals surface area contributed by atoms with E-state index in [0.717, 1.165) is 5.56 Å². The predicted molar refractivity (Wildman–Crippen MR) is 67.8 cm³/mol. The average molecular weight is 236 g/mol. The van der Waals surface area contributed by atoms with Crippen LogP contribution in [0.4, 0.5) is 0 Å². The summed E-state index contributed by atoms with van der Waals surface area (Å²) in [5.74, 6) is -0.384. The smallest absolute Gasteiger partial charge is 0.321 e. The van der Waals surface area contributed by atoms with Gasteiger partial charge in [-0.25, -0.2) is 0 Å². The highest BCUT2D eigenvalue weighted by atomic mass is 16.4. The highest BCUT2D eigenvalue weighted by Gasteiger charge is 2.16. The summed E-state index contributed by atoms with van der Waals surface area (Å²) >= 11 is 0. The first-order valence-corrected chi connectivity index (χ1v) is 5.79. The van der Waals surface area contributed by atoms with Crippen molar-refractivity contribution < 1.29 is 9.90 Å². The third-order valence-electron chi connectivity index (χ3n) is 2.75. The van der Waals surface area contributed by atoms with Gasteiger partial charge in [0.05, 0.1) is 0 Å². The fraction of sp³-hybridized carbons (Fsp3) is 0.462. The summed E-state index contributed by atoms with van der Waals surface area (Å²) in [7, 11) is 0. The van der Waals surface area contributed by atoms with E-state index in [-0.39, 0.29) is 6.67 Å². The predicted octanol–water partition coefficient (Wildman–Crippen LogP) is 1.31. The molecule has 1 aromatic rings. The third kappa shape index (κ3) is 4.17. The van der Waals surface area contributed by atoms with Gasteiger partial charge in [-0.1, -0.05) is 38.1 Å². The van der Waals surface area contributed by atoms with Gasteiger partial charge in [0.25, 0.3) is 0 Å². The van der Waals surface area contributed by atoms with Gasteiger partial charge < -0.3 is 10.8 Å². The molecule has 0 aromatic heterocycles. The van der Waals surface area contributed by atoms with Crippen LogP contribution < -0.4 is 11.1 Å². The van der Waals surface area contributed by atoms with Crippen LogP contribution in [0.25, 0.3) is 0 Å². The highest BCUT2D eigenvalue weighted by molar-refractivity contribution is 5.73. The van der Waals surface area contributed by atoms with Crippen LogP contribution in [-0.2, 0) is 11.2 Å². The molecule has 4 nitrogen and oxygen atoms in total. The lowest BCUT2D eigenvalue weighted by atomic mass is 9.99. The van der Waals surface area contributed by atoms with Crippen LogP contribution in [0, 0.1) is 0 Å². The molecule has 1 unspecified atom stereocenters. The van der Waals surface area contributed by atoms with E-state index >= 15 is 0 Å². The molecule has 17 heavy (non-hydrogen) atoms. The van der Waals surface area contributed by atoms with Gasteiger partial charge in [0, 0.05) is 6.67 Å². The van der Waals surface area contributed by atoms with Crippen LogP contribution in [-0.4, -0.2) is 23.8 Å². The summed E-state index contributed by atoms with van der Waals surface area (Å²) in [6, 6.07) is 7.42. The van der Waals surface area contributed by atoms with Crippen LogP contribution in [0.15, 0.2) is 24.3 Å². The van der Waals surface area contributed by atoms with Crippen LogP contribution in [0.5, 0.6) is 0 Å². The summed E-state index contributed by atoms with van der Waals surface area (Å²) < 4.78 is 0. The number of rotatable bonds is 6. The molecule has 0 fully saturated rings. The Balaban J connectivity index is 2.70. The number of carboxylic acid groups (broad SMARTS) is 1. The van der Waals surface area contributed by atoms with Crippen LogP contribution in [0.3, 0.4) is 0 Å². The minimum absolute atomic E-state index is 0.168.